The molecule has 20 nitrogen and oxygen atoms in total. The molecule has 2 aromatic rings. The van der Waals surface area contributed by atoms with Gasteiger partial charge in [-0.1, -0.05) is 18.6 Å². The lowest BCUT2D eigenvalue weighted by atomic mass is 9.77. The summed E-state index contributed by atoms with van der Waals surface area (Å²) in [4.78, 5) is 19.6. The van der Waals surface area contributed by atoms with Gasteiger partial charge < -0.3 is 38.6 Å². The van der Waals surface area contributed by atoms with E-state index in [2.05, 4.69) is 4.90 Å². The molecule has 0 saturated carbocycles. The number of hydrogen-bond donors (Lipinski definition) is 3. The van der Waals surface area contributed by atoms with Crippen LogP contribution in [0.5, 0.6) is 11.8 Å². The van der Waals surface area contributed by atoms with Gasteiger partial charge in [0.1, 0.15) is 18.9 Å². The molecule has 0 bridgehead atoms. The Balaban J connectivity index is 1.46. The monoisotopic (exact) mass is 1020 g/mol. The molecule has 1 aliphatic carbocycles. The van der Waals surface area contributed by atoms with Crippen molar-refractivity contribution >= 4 is 48.1 Å². The lowest BCUT2D eigenvalue weighted by molar-refractivity contribution is -0.145. The first-order chi connectivity index (χ1) is 32.8. The average molecular weight is 1030 g/mol. The second-order valence-corrected chi connectivity index (χ2v) is 21.4. The molecule has 1 unspecified atom stereocenters. The van der Waals surface area contributed by atoms with Crippen LogP contribution in [-0.4, -0.2) is 136 Å². The van der Waals surface area contributed by atoms with Crippen molar-refractivity contribution in [2.45, 2.75) is 62.2 Å². The molecule has 380 valence electrons. The molecule has 1 atom stereocenters. The van der Waals surface area contributed by atoms with Crippen LogP contribution in [0.15, 0.2) is 88.0 Å². The van der Waals surface area contributed by atoms with Crippen LogP contribution in [-0.2, 0) is 63.1 Å². The summed E-state index contributed by atoms with van der Waals surface area (Å²) in [6, 6.07) is 14.5. The number of methoxy groups -OCH3 is 1. The number of nitrogens with zero attached hydrogens (tertiary/aromatic N) is 3. The van der Waals surface area contributed by atoms with Gasteiger partial charge in [0.15, 0.2) is 6.54 Å². The summed E-state index contributed by atoms with van der Waals surface area (Å²) >= 11 is 0. The van der Waals surface area contributed by atoms with Crippen LogP contribution in [0.3, 0.4) is 0 Å². The van der Waals surface area contributed by atoms with E-state index in [1.54, 1.807) is 31.6 Å². The first-order valence-corrected chi connectivity index (χ1v) is 26.8. The standard InChI is InChI=1S/C46H61N3O17S3/c1-46(21-9-32-68(56,57)61-3)39-34-37(69(58,59)62-4)15-17-40(39)48(23-7-5-6-13-45(52)66-49-43(50)18-19-44(49)51)42(46)12-8-11-35-20-25-65-41-33-36(14-16-38(35)41)47(22-10-31-67(53,54)55)24-26-63-29-30-64-28-27-60-2/h8,11-12,14-20,25,33-34H,5-7,9-10,13,21-24,26-32H2,1-4H3,(H2-,50,51,53,54,55)/p+1. The summed E-state index contributed by atoms with van der Waals surface area (Å²) < 4.78 is 118. The zero-order valence-corrected chi connectivity index (χ0v) is 41.6. The molecule has 3 N–H and O–H groups in total. The number of hydrogen-bond acceptors (Lipinski definition) is 17. The van der Waals surface area contributed by atoms with Gasteiger partial charge in [0, 0.05) is 67.1 Å². The number of ether oxygens (including phenoxy) is 3. The first kappa shape index (κ1) is 54.8. The van der Waals surface area contributed by atoms with Gasteiger partial charge in [-0.2, -0.15) is 25.3 Å². The van der Waals surface area contributed by atoms with Crippen molar-refractivity contribution in [3.8, 4) is 23.1 Å². The van der Waals surface area contributed by atoms with E-state index in [4.69, 9.17) is 31.8 Å². The van der Waals surface area contributed by atoms with E-state index in [0.717, 1.165) is 36.4 Å². The van der Waals surface area contributed by atoms with E-state index >= 15 is 0 Å². The maximum absolute atomic E-state index is 13.0. The molecule has 1 aromatic heterocycles. The molecule has 23 heteroatoms. The second-order valence-electron chi connectivity index (χ2n) is 16.2. The SMILES string of the molecule is COCCOCCOCC[N+](CCCS(=O)(=O)O)=c1ccc2c(C=CC=C3N(CCCCCC(=O)On4c(O)ccc4O)c4ccc(S(=O)(=O)OC)cc4C3(C)CCCS(=O)(=O)OC)ccoc-2c1. The fraction of sp³-hybridized carbons (Fsp3) is 0.478. The third kappa shape index (κ3) is 15.4. The van der Waals surface area contributed by atoms with Crippen molar-refractivity contribution in [1.82, 2.24) is 9.31 Å². The topological polar surface area (TPSA) is 260 Å². The van der Waals surface area contributed by atoms with E-state index in [1.807, 2.05) is 47.9 Å². The van der Waals surface area contributed by atoms with Gasteiger partial charge >= 0.3 is 5.97 Å². The molecule has 0 saturated heterocycles. The molecular weight excluding hydrogens is 963 g/mol. The van der Waals surface area contributed by atoms with Gasteiger partial charge in [0.05, 0.1) is 69.4 Å². The van der Waals surface area contributed by atoms with Crippen molar-refractivity contribution in [2.24, 2.45) is 0 Å². The number of allylic oxidation sites excluding steroid dienone is 3. The van der Waals surface area contributed by atoms with Crippen molar-refractivity contribution in [3.63, 3.8) is 0 Å². The van der Waals surface area contributed by atoms with Crippen molar-refractivity contribution < 1.29 is 76.6 Å². The van der Waals surface area contributed by atoms with Gasteiger partial charge in [0.25, 0.3) is 30.4 Å². The molecule has 0 spiro atoms. The average Bonchev–Trinajstić information content (AvgIpc) is 3.75. The van der Waals surface area contributed by atoms with Crippen LogP contribution < -0.4 is 19.7 Å². The number of carbonyl (C=O) groups is 1. The molecule has 0 radical (unpaired) electrons. The predicted octanol–water partition coefficient (Wildman–Crippen LogP) is 4.31. The number of rotatable bonds is 29. The Morgan fingerprint density at radius 3 is 2.22 bits per heavy atom. The van der Waals surface area contributed by atoms with Crippen LogP contribution in [0.1, 0.15) is 63.0 Å². The Kier molecular flexibility index (Phi) is 20.0. The molecule has 3 heterocycles. The number of anilines is 1. The molecule has 69 heavy (non-hydrogen) atoms. The van der Waals surface area contributed by atoms with Crippen LogP contribution in [0.2, 0.25) is 0 Å². The Bertz CT molecular complexity index is 2780. The van der Waals surface area contributed by atoms with E-state index < -0.39 is 59.3 Å². The van der Waals surface area contributed by atoms with E-state index in [-0.39, 0.29) is 36.3 Å². The third-order valence-corrected chi connectivity index (χ3v) is 14.9. The molecule has 1 aromatic carbocycles. The quantitative estimate of drug-likeness (QED) is 0.0296. The number of fused-ring (bicyclic) bond motifs is 2. The van der Waals surface area contributed by atoms with Crippen molar-refractivity contribution in [2.75, 3.05) is 90.4 Å². The molecule has 2 aliphatic heterocycles. The molecule has 5 rings (SSSR count). The smallest absolute Gasteiger partial charge is 0.333 e. The van der Waals surface area contributed by atoms with Crippen LogP contribution in [0.4, 0.5) is 5.69 Å². The van der Waals surface area contributed by atoms with Crippen LogP contribution >= 0.6 is 0 Å². The number of aromatic nitrogens is 1. The number of aromatic hydroxyl groups is 2. The number of unbranched alkanes of at least 4 members (excludes halogenated alkanes) is 2. The minimum absolute atomic E-state index is 0.00578. The zero-order chi connectivity index (χ0) is 50.2. The maximum Gasteiger partial charge on any atom is 0.333 e. The summed E-state index contributed by atoms with van der Waals surface area (Å²) in [6.45, 7) is 5.03. The largest absolute Gasteiger partial charge is 0.492 e. The van der Waals surface area contributed by atoms with Crippen molar-refractivity contribution in [1.29, 1.82) is 0 Å². The fourth-order valence-corrected chi connectivity index (χ4v) is 9.83. The normalized spacial score (nSPS) is 16.5. The predicted molar refractivity (Wildman–Crippen MR) is 255 cm³/mol. The van der Waals surface area contributed by atoms with Gasteiger partial charge in [-0.15, -0.1) is 4.73 Å². The minimum Gasteiger partial charge on any atom is -0.492 e. The van der Waals surface area contributed by atoms with E-state index in [9.17, 15) is 44.8 Å². The van der Waals surface area contributed by atoms with E-state index in [1.165, 1.54) is 18.2 Å². The highest BCUT2D eigenvalue weighted by atomic mass is 32.2. The highest BCUT2D eigenvalue weighted by Gasteiger charge is 2.44. The molecule has 3 aliphatic rings. The summed E-state index contributed by atoms with van der Waals surface area (Å²) in [7, 11) is -8.35. The summed E-state index contributed by atoms with van der Waals surface area (Å²) in [5, 5.41) is 20.4. The number of benzene rings is 2. The summed E-state index contributed by atoms with van der Waals surface area (Å²) in [5.74, 6) is -1.68. The molecule has 0 amide bonds. The molecule has 0 fully saturated rings. The van der Waals surface area contributed by atoms with Gasteiger partial charge in [0.2, 0.25) is 17.1 Å². The minimum atomic E-state index is -4.17. The first-order valence-electron chi connectivity index (χ1n) is 22.2. The second kappa shape index (κ2) is 25.1. The Morgan fingerprint density at radius 2 is 1.52 bits per heavy atom. The van der Waals surface area contributed by atoms with Crippen LogP contribution in [0, 0.1) is 0 Å². The van der Waals surface area contributed by atoms with Gasteiger partial charge in [-0.25, -0.2) is 9.37 Å². The highest BCUT2D eigenvalue weighted by molar-refractivity contribution is 7.87. The summed E-state index contributed by atoms with van der Waals surface area (Å²) in [5.41, 5.74) is 2.72. The summed E-state index contributed by atoms with van der Waals surface area (Å²) in [6.07, 6.45) is 9.35. The Morgan fingerprint density at radius 1 is 0.797 bits per heavy atom. The fourth-order valence-electron chi connectivity index (χ4n) is 7.98. The Labute approximate surface area is 403 Å². The maximum atomic E-state index is 13.0. The lowest BCUT2D eigenvalue weighted by Crippen LogP contribution is -2.35. The van der Waals surface area contributed by atoms with Gasteiger partial charge in [-0.3, -0.25) is 12.9 Å². The van der Waals surface area contributed by atoms with Gasteiger partial charge in [-0.05, 0) is 80.1 Å². The lowest BCUT2D eigenvalue weighted by Gasteiger charge is -2.30. The van der Waals surface area contributed by atoms with Crippen LogP contribution in [0.25, 0.3) is 17.4 Å². The zero-order valence-electron chi connectivity index (χ0n) is 39.1. The van der Waals surface area contributed by atoms with E-state index in [0.29, 0.717) is 93.7 Å². The number of carbonyl (C=O) groups excluding carboxylic acids is 1. The highest BCUT2D eigenvalue weighted by Crippen LogP contribution is 2.51. The molecular formula is C46H62N3O17S3+. The van der Waals surface area contributed by atoms with Crippen molar-refractivity contribution in [3.05, 3.63) is 95.2 Å². The third-order valence-electron chi connectivity index (χ3n) is 11.5. The Hall–Kier alpha value is -5.11.